The first-order chi connectivity index (χ1) is 14.4. The van der Waals surface area contributed by atoms with Gasteiger partial charge < -0.3 is 19.4 Å². The van der Waals surface area contributed by atoms with Crippen molar-refractivity contribution in [3.8, 4) is 0 Å². The summed E-state index contributed by atoms with van der Waals surface area (Å²) in [5, 5.41) is 0. The first kappa shape index (κ1) is 21.0. The molecule has 3 heterocycles. The molecule has 0 aliphatic carbocycles. The van der Waals surface area contributed by atoms with Crippen molar-refractivity contribution in [2.75, 3.05) is 44.2 Å². The Morgan fingerprint density at radius 3 is 2.33 bits per heavy atom. The Morgan fingerprint density at radius 2 is 1.73 bits per heavy atom. The van der Waals surface area contributed by atoms with Crippen molar-refractivity contribution in [1.82, 2.24) is 9.80 Å². The van der Waals surface area contributed by atoms with Crippen molar-refractivity contribution in [2.45, 2.75) is 51.0 Å². The Morgan fingerprint density at radius 1 is 1.10 bits per heavy atom. The predicted molar refractivity (Wildman–Crippen MR) is 108 cm³/mol. The molecule has 0 atom stereocenters. The highest BCUT2D eigenvalue weighted by Crippen LogP contribution is 2.49. The van der Waals surface area contributed by atoms with E-state index < -0.39 is 17.0 Å². The Hall–Kier alpha value is -2.22. The number of nitrogens with zero attached hydrogens (tertiary/aromatic N) is 3. The van der Waals surface area contributed by atoms with Crippen LogP contribution in [0.1, 0.15) is 45.1 Å². The van der Waals surface area contributed by atoms with E-state index in [2.05, 4.69) is 4.90 Å². The van der Waals surface area contributed by atoms with Crippen LogP contribution in [0, 0.1) is 11.6 Å². The summed E-state index contributed by atoms with van der Waals surface area (Å²) in [4.78, 5) is 29.6. The quantitative estimate of drug-likeness (QED) is 0.736. The van der Waals surface area contributed by atoms with Gasteiger partial charge in [0.15, 0.2) is 0 Å². The Kier molecular flexibility index (Phi) is 5.70. The van der Waals surface area contributed by atoms with Crippen LogP contribution in [-0.2, 0) is 14.9 Å². The number of ether oxygens (including phenoxy) is 1. The summed E-state index contributed by atoms with van der Waals surface area (Å²) in [5.41, 5.74) is -0.0387. The maximum Gasteiger partial charge on any atom is 0.409 e. The molecule has 1 aromatic carbocycles. The topological polar surface area (TPSA) is 53.1 Å². The third-order valence-electron chi connectivity index (χ3n) is 6.98. The summed E-state index contributed by atoms with van der Waals surface area (Å²) in [6, 6.07) is 2.65. The van der Waals surface area contributed by atoms with Crippen LogP contribution < -0.4 is 4.90 Å². The second kappa shape index (κ2) is 8.13. The van der Waals surface area contributed by atoms with E-state index in [1.54, 1.807) is 11.8 Å². The van der Waals surface area contributed by atoms with E-state index in [9.17, 15) is 18.4 Å². The first-order valence-corrected chi connectivity index (χ1v) is 10.8. The molecule has 6 nitrogen and oxygen atoms in total. The van der Waals surface area contributed by atoms with Gasteiger partial charge in [0.1, 0.15) is 11.6 Å². The number of carbonyl (C=O) groups excluding carboxylic acids is 2. The maximum absolute atomic E-state index is 14.8. The summed E-state index contributed by atoms with van der Waals surface area (Å²) in [7, 11) is 0. The molecule has 3 aliphatic heterocycles. The van der Waals surface area contributed by atoms with Crippen LogP contribution in [0.25, 0.3) is 0 Å². The minimum atomic E-state index is -0.535. The average molecular weight is 421 g/mol. The molecule has 1 aromatic rings. The van der Waals surface area contributed by atoms with E-state index in [1.165, 1.54) is 17.9 Å². The Bertz CT molecular complexity index is 831. The van der Waals surface area contributed by atoms with Gasteiger partial charge in [0, 0.05) is 43.6 Å². The molecule has 0 saturated carbocycles. The van der Waals surface area contributed by atoms with Crippen LogP contribution in [-0.4, -0.2) is 67.2 Å². The van der Waals surface area contributed by atoms with E-state index in [-0.39, 0.29) is 17.7 Å². The molecular weight excluding hydrogens is 392 g/mol. The molecule has 2 amide bonds. The van der Waals surface area contributed by atoms with Gasteiger partial charge in [-0.3, -0.25) is 4.79 Å². The van der Waals surface area contributed by atoms with Crippen molar-refractivity contribution < 1.29 is 23.1 Å². The van der Waals surface area contributed by atoms with Gasteiger partial charge in [-0.15, -0.1) is 0 Å². The first-order valence-electron chi connectivity index (χ1n) is 10.8. The highest BCUT2D eigenvalue weighted by Gasteiger charge is 2.49. The van der Waals surface area contributed by atoms with E-state index in [0.717, 1.165) is 32.0 Å². The maximum atomic E-state index is 14.8. The number of rotatable bonds is 2. The lowest BCUT2D eigenvalue weighted by Gasteiger charge is -2.45. The van der Waals surface area contributed by atoms with Crippen LogP contribution in [0.2, 0.25) is 0 Å². The molecule has 0 bridgehead atoms. The summed E-state index contributed by atoms with van der Waals surface area (Å²) in [6.45, 7) is 6.80. The second-order valence-electron chi connectivity index (χ2n) is 8.59. The van der Waals surface area contributed by atoms with Crippen LogP contribution >= 0.6 is 0 Å². The van der Waals surface area contributed by atoms with Gasteiger partial charge in [0.05, 0.1) is 12.3 Å². The SMILES string of the molecule is CCOC(=O)N1CCC(N2CCC3(CC2)CN(C(C)=O)c2c(F)ccc(F)c23)CC1. The monoisotopic (exact) mass is 421 g/mol. The zero-order valence-electron chi connectivity index (χ0n) is 17.6. The van der Waals surface area contributed by atoms with Crippen molar-refractivity contribution in [2.24, 2.45) is 0 Å². The molecule has 0 N–H and O–H groups in total. The molecule has 8 heteroatoms. The number of carbonyl (C=O) groups is 2. The number of amides is 2. The fourth-order valence-corrected chi connectivity index (χ4v) is 5.39. The number of piperidine rings is 2. The van der Waals surface area contributed by atoms with Crippen LogP contribution in [0.3, 0.4) is 0 Å². The third-order valence-corrected chi connectivity index (χ3v) is 6.98. The molecule has 0 unspecified atom stereocenters. The lowest BCUT2D eigenvalue weighted by Crippen LogP contribution is -2.52. The molecular formula is C22H29F2N3O3. The minimum absolute atomic E-state index is 0.124. The van der Waals surface area contributed by atoms with Crippen molar-refractivity contribution in [3.63, 3.8) is 0 Å². The zero-order chi connectivity index (χ0) is 21.5. The van der Waals surface area contributed by atoms with Gasteiger partial charge >= 0.3 is 6.09 Å². The minimum Gasteiger partial charge on any atom is -0.450 e. The molecule has 0 radical (unpaired) electrons. The molecule has 164 valence electrons. The Labute approximate surface area is 175 Å². The molecule has 1 spiro atoms. The standard InChI is InChI=1S/C22H29F2N3O3/c1-3-30-21(29)26-10-6-16(7-11-26)25-12-8-22(9-13-25)14-27(15(2)28)20-18(24)5-4-17(23)19(20)22/h4-5,16H,3,6-14H2,1-2H3. The van der Waals surface area contributed by atoms with E-state index in [1.807, 2.05) is 0 Å². The van der Waals surface area contributed by atoms with E-state index in [4.69, 9.17) is 4.74 Å². The van der Waals surface area contributed by atoms with E-state index >= 15 is 0 Å². The number of likely N-dealkylation sites (tertiary alicyclic amines) is 2. The van der Waals surface area contributed by atoms with E-state index in [0.29, 0.717) is 50.7 Å². The highest BCUT2D eigenvalue weighted by molar-refractivity contribution is 5.95. The molecule has 4 rings (SSSR count). The molecule has 30 heavy (non-hydrogen) atoms. The normalized spacial score (nSPS) is 21.7. The molecule has 0 aromatic heterocycles. The summed E-state index contributed by atoms with van der Waals surface area (Å²) in [6.07, 6.45) is 2.87. The fraction of sp³-hybridized carbons (Fsp3) is 0.636. The molecule has 2 saturated heterocycles. The lowest BCUT2D eigenvalue weighted by atomic mass is 9.73. The zero-order valence-corrected chi connectivity index (χ0v) is 17.6. The summed E-state index contributed by atoms with van der Waals surface area (Å²) in [5.74, 6) is -1.22. The van der Waals surface area contributed by atoms with Crippen LogP contribution in [0.4, 0.5) is 19.3 Å². The average Bonchev–Trinajstić information content (AvgIpc) is 3.08. The van der Waals surface area contributed by atoms with Crippen molar-refractivity contribution in [3.05, 3.63) is 29.3 Å². The second-order valence-corrected chi connectivity index (χ2v) is 8.59. The number of hydrogen-bond acceptors (Lipinski definition) is 4. The largest absolute Gasteiger partial charge is 0.450 e. The smallest absolute Gasteiger partial charge is 0.409 e. The highest BCUT2D eigenvalue weighted by atomic mass is 19.1. The van der Waals surface area contributed by atoms with Gasteiger partial charge in [0.2, 0.25) is 5.91 Å². The molecule has 2 fully saturated rings. The number of fused-ring (bicyclic) bond motifs is 2. The van der Waals surface area contributed by atoms with Crippen LogP contribution in [0.5, 0.6) is 0 Å². The third kappa shape index (κ3) is 3.55. The number of halogens is 2. The van der Waals surface area contributed by atoms with Gasteiger partial charge in [-0.2, -0.15) is 0 Å². The van der Waals surface area contributed by atoms with Gasteiger partial charge in [-0.25, -0.2) is 13.6 Å². The lowest BCUT2D eigenvalue weighted by molar-refractivity contribution is -0.116. The fourth-order valence-electron chi connectivity index (χ4n) is 5.39. The van der Waals surface area contributed by atoms with Crippen LogP contribution in [0.15, 0.2) is 12.1 Å². The van der Waals surface area contributed by atoms with Gasteiger partial charge in [-0.05, 0) is 57.8 Å². The van der Waals surface area contributed by atoms with Crippen molar-refractivity contribution in [1.29, 1.82) is 0 Å². The predicted octanol–water partition coefficient (Wildman–Crippen LogP) is 3.29. The molecule has 3 aliphatic rings. The van der Waals surface area contributed by atoms with Gasteiger partial charge in [0.25, 0.3) is 0 Å². The van der Waals surface area contributed by atoms with Gasteiger partial charge in [-0.1, -0.05) is 0 Å². The summed E-state index contributed by atoms with van der Waals surface area (Å²) < 4.78 is 34.4. The Balaban J connectivity index is 1.45. The van der Waals surface area contributed by atoms with Crippen molar-refractivity contribution >= 4 is 17.7 Å². The summed E-state index contributed by atoms with van der Waals surface area (Å²) >= 11 is 0. The number of hydrogen-bond donors (Lipinski definition) is 0. The number of anilines is 1. The number of benzene rings is 1.